The molecule has 4 heterocycles. The molecule has 1 spiro atoms. The molecule has 0 radical (unpaired) electrons. The Balaban J connectivity index is 0.00000196. The van der Waals surface area contributed by atoms with Gasteiger partial charge >= 0.3 is 11.2 Å². The van der Waals surface area contributed by atoms with Crippen molar-refractivity contribution >= 4 is 28.5 Å². The third-order valence-electron chi connectivity index (χ3n) is 9.40. The number of quaternary nitrogens is 2. The SMILES string of the molecule is CCC(CC)[C@@H]1C[C@H](c2ccccc2)CCN1C(=O)[C@@H]1C[NH2+]C[C@]12CN(C(=O)OC)Cc1[nH+]c([NH2+]C)sc12.[Cl-].[Cl-].[Cl-]. The van der Waals surface area contributed by atoms with Crippen molar-refractivity contribution in [1.29, 1.82) is 0 Å². The molecule has 12 heteroatoms. The highest BCUT2D eigenvalue weighted by Gasteiger charge is 2.60. The van der Waals surface area contributed by atoms with Crippen LogP contribution in [0.4, 0.5) is 9.93 Å². The number of hydrogen-bond donors (Lipinski definition) is 2. The summed E-state index contributed by atoms with van der Waals surface area (Å²) in [6.07, 6.45) is 3.84. The molecule has 0 bridgehead atoms. The number of fused-ring (bicyclic) bond motifs is 2. The first kappa shape index (κ1) is 35.6. The molecule has 5 N–H and O–H groups in total. The number of nitrogens with two attached hydrogens (primary N) is 2. The molecule has 3 aliphatic rings. The average Bonchev–Trinajstić information content (AvgIpc) is 3.58. The Kier molecular flexibility index (Phi) is 13.2. The molecule has 2 amide bonds. The summed E-state index contributed by atoms with van der Waals surface area (Å²) in [7, 11) is 3.46. The highest BCUT2D eigenvalue weighted by Crippen LogP contribution is 2.45. The first-order valence-corrected chi connectivity index (χ1v) is 15.1. The minimum atomic E-state index is -0.407. The van der Waals surface area contributed by atoms with Gasteiger partial charge in [-0.25, -0.2) is 4.79 Å². The Morgan fingerprint density at radius 3 is 2.54 bits per heavy atom. The number of H-pyrrole nitrogens is 1. The van der Waals surface area contributed by atoms with E-state index >= 15 is 0 Å². The fraction of sp³-hybridized carbons (Fsp3) is 0.621. The summed E-state index contributed by atoms with van der Waals surface area (Å²) in [5.41, 5.74) is 2.03. The van der Waals surface area contributed by atoms with Crippen molar-refractivity contribution in [3.8, 4) is 0 Å². The molecule has 2 saturated heterocycles. The molecule has 8 nitrogen and oxygen atoms in total. The molecular weight excluding hydrogens is 605 g/mol. The van der Waals surface area contributed by atoms with Gasteiger partial charge < -0.3 is 52.2 Å². The molecule has 4 atom stereocenters. The Bertz CT molecular complexity index is 1150. The largest absolute Gasteiger partial charge is 1.00 e. The van der Waals surface area contributed by atoms with Crippen molar-refractivity contribution in [3.63, 3.8) is 0 Å². The number of likely N-dealkylation sites (tertiary alicyclic amines) is 1. The van der Waals surface area contributed by atoms with Crippen LogP contribution in [0.25, 0.3) is 0 Å². The van der Waals surface area contributed by atoms with Crippen LogP contribution in [0.1, 0.15) is 61.6 Å². The van der Waals surface area contributed by atoms with Gasteiger partial charge in [0.15, 0.2) is 0 Å². The summed E-state index contributed by atoms with van der Waals surface area (Å²) < 4.78 is 5.15. The van der Waals surface area contributed by atoms with Crippen LogP contribution in [0.15, 0.2) is 30.3 Å². The van der Waals surface area contributed by atoms with Crippen molar-refractivity contribution in [1.82, 2.24) is 9.80 Å². The van der Waals surface area contributed by atoms with E-state index in [1.165, 1.54) is 17.6 Å². The van der Waals surface area contributed by atoms with Crippen LogP contribution >= 0.6 is 11.3 Å². The van der Waals surface area contributed by atoms with Crippen LogP contribution in [0, 0.1) is 11.8 Å². The fourth-order valence-corrected chi connectivity index (χ4v) is 8.63. The van der Waals surface area contributed by atoms with Gasteiger partial charge in [0, 0.05) is 19.1 Å². The standard InChI is InChI=1S/C29H41N5O3S.3ClH/c1-5-19(6-2)24-14-21(20-10-8-7-9-11-20)12-13-34(24)26(35)22-15-31-17-29(22)18-33(28(36)37-4)16-23-25(29)38-27(30-3)32-23;;;/h7-11,19,21-22,24,31H,5-6,12-18H2,1-4H3,(H,30,32);3*1H/t21-,22+,24+,29+;;;/m1.../s1. The molecular formula is C29H44Cl3N5O3S. The van der Waals surface area contributed by atoms with Gasteiger partial charge in [0.1, 0.15) is 17.3 Å². The molecule has 5 rings (SSSR count). The topological polar surface area (TPSA) is 97.2 Å². The van der Waals surface area contributed by atoms with Gasteiger partial charge in [-0.05, 0) is 41.6 Å². The second kappa shape index (κ2) is 15.2. The summed E-state index contributed by atoms with van der Waals surface area (Å²) in [5.74, 6) is 1.07. The van der Waals surface area contributed by atoms with E-state index in [-0.39, 0.29) is 61.2 Å². The number of hydrogen-bond acceptors (Lipinski definition) is 4. The van der Waals surface area contributed by atoms with Crippen molar-refractivity contribution in [2.24, 2.45) is 11.8 Å². The second-order valence-electron chi connectivity index (χ2n) is 11.3. The Hall–Kier alpha value is -1.62. The quantitative estimate of drug-likeness (QED) is 0.326. The molecule has 230 valence electrons. The lowest BCUT2D eigenvalue weighted by Gasteiger charge is -2.46. The zero-order valence-electron chi connectivity index (χ0n) is 24.4. The average molecular weight is 649 g/mol. The number of amides is 2. The highest BCUT2D eigenvalue weighted by atomic mass is 35.5. The van der Waals surface area contributed by atoms with Crippen LogP contribution in [0.2, 0.25) is 0 Å². The van der Waals surface area contributed by atoms with E-state index in [9.17, 15) is 9.59 Å². The maximum Gasteiger partial charge on any atom is 0.425 e. The van der Waals surface area contributed by atoms with E-state index in [0.29, 0.717) is 24.9 Å². The number of ether oxygens (including phenoxy) is 1. The molecule has 0 unspecified atom stereocenters. The van der Waals surface area contributed by atoms with E-state index in [2.05, 4.69) is 64.7 Å². The predicted molar refractivity (Wildman–Crippen MR) is 146 cm³/mol. The van der Waals surface area contributed by atoms with Crippen LogP contribution in [-0.2, 0) is 21.5 Å². The number of aromatic nitrogens is 1. The lowest BCUT2D eigenvalue weighted by atomic mass is 9.72. The summed E-state index contributed by atoms with van der Waals surface area (Å²) in [5, 5.41) is 5.44. The molecule has 0 saturated carbocycles. The number of piperidine rings is 1. The first-order chi connectivity index (χ1) is 18.4. The Morgan fingerprint density at radius 2 is 1.90 bits per heavy atom. The maximum atomic E-state index is 14.7. The molecule has 3 aliphatic heterocycles. The van der Waals surface area contributed by atoms with E-state index in [1.54, 1.807) is 16.2 Å². The van der Waals surface area contributed by atoms with Gasteiger partial charge in [-0.3, -0.25) is 15.0 Å². The number of thiazole rings is 1. The van der Waals surface area contributed by atoms with Crippen molar-refractivity contribution in [2.45, 2.75) is 63.5 Å². The van der Waals surface area contributed by atoms with Crippen LogP contribution in [-0.4, -0.2) is 68.2 Å². The Labute approximate surface area is 266 Å². The highest BCUT2D eigenvalue weighted by molar-refractivity contribution is 7.14. The van der Waals surface area contributed by atoms with Gasteiger partial charge in [0.05, 0.1) is 32.7 Å². The van der Waals surface area contributed by atoms with Crippen molar-refractivity contribution < 1.29 is 67.2 Å². The number of nitrogens with one attached hydrogen (secondary N) is 1. The molecule has 2 fully saturated rings. The smallest absolute Gasteiger partial charge is 0.425 e. The Morgan fingerprint density at radius 1 is 1.20 bits per heavy atom. The lowest BCUT2D eigenvalue weighted by molar-refractivity contribution is -0.640. The van der Waals surface area contributed by atoms with E-state index in [0.717, 1.165) is 56.1 Å². The van der Waals surface area contributed by atoms with Gasteiger partial charge in [-0.1, -0.05) is 57.0 Å². The number of rotatable bonds is 6. The van der Waals surface area contributed by atoms with Crippen molar-refractivity contribution in [3.05, 3.63) is 46.5 Å². The predicted octanol–water partition coefficient (Wildman–Crippen LogP) is -7.38. The van der Waals surface area contributed by atoms with Gasteiger partial charge in [-0.2, -0.15) is 0 Å². The molecule has 1 aromatic heterocycles. The minimum absolute atomic E-state index is 0. The zero-order valence-corrected chi connectivity index (χ0v) is 27.5. The third-order valence-corrected chi connectivity index (χ3v) is 10.8. The summed E-state index contributed by atoms with van der Waals surface area (Å²) in [4.78, 5) is 36.2. The number of carbonyl (C=O) groups is 2. The molecule has 2 aromatic rings. The summed E-state index contributed by atoms with van der Waals surface area (Å²) in [6, 6.07) is 11.1. The molecule has 0 aliphatic carbocycles. The number of benzene rings is 1. The van der Waals surface area contributed by atoms with Crippen LogP contribution in [0.3, 0.4) is 0 Å². The fourth-order valence-electron chi connectivity index (χ4n) is 7.38. The second-order valence-corrected chi connectivity index (χ2v) is 12.3. The van der Waals surface area contributed by atoms with Crippen LogP contribution in [0.5, 0.6) is 0 Å². The normalized spacial score (nSPS) is 25.1. The number of aromatic amines is 1. The number of nitrogens with zero attached hydrogens (tertiary/aromatic N) is 2. The number of carbonyl (C=O) groups excluding carboxylic acids is 2. The molecule has 1 aromatic carbocycles. The van der Waals surface area contributed by atoms with Gasteiger partial charge in [-0.15, -0.1) is 4.98 Å². The van der Waals surface area contributed by atoms with E-state index < -0.39 is 5.41 Å². The van der Waals surface area contributed by atoms with Crippen molar-refractivity contribution in [2.75, 3.05) is 40.3 Å². The van der Waals surface area contributed by atoms with Gasteiger partial charge in [0.25, 0.3) is 0 Å². The zero-order chi connectivity index (χ0) is 26.9. The lowest BCUT2D eigenvalue weighted by Crippen LogP contribution is -3.00. The number of halogens is 3. The van der Waals surface area contributed by atoms with E-state index in [1.807, 2.05) is 7.05 Å². The minimum Gasteiger partial charge on any atom is -1.00 e. The monoisotopic (exact) mass is 647 g/mol. The summed E-state index contributed by atoms with van der Waals surface area (Å²) >= 11 is 1.75. The number of methoxy groups -OCH3 is 1. The van der Waals surface area contributed by atoms with Crippen LogP contribution < -0.4 is 52.8 Å². The summed E-state index contributed by atoms with van der Waals surface area (Å²) in [6.45, 7) is 7.90. The third kappa shape index (κ3) is 6.65. The van der Waals surface area contributed by atoms with E-state index in [4.69, 9.17) is 4.74 Å². The maximum absolute atomic E-state index is 14.7. The molecule has 41 heavy (non-hydrogen) atoms. The van der Waals surface area contributed by atoms with Gasteiger partial charge in [0.2, 0.25) is 11.6 Å². The first-order valence-electron chi connectivity index (χ1n) is 14.3.